The topological polar surface area (TPSA) is 23.8 Å². The van der Waals surface area contributed by atoms with Crippen LogP contribution in [0.4, 0.5) is 0 Å². The van der Waals surface area contributed by atoms with Crippen LogP contribution < -0.4 is 0 Å². The summed E-state index contributed by atoms with van der Waals surface area (Å²) in [6, 6.07) is 9.88. The molecule has 0 saturated heterocycles. The molecule has 1 aromatic carbocycles. The van der Waals surface area contributed by atoms with Crippen LogP contribution in [0, 0.1) is 11.3 Å². The molecular formula is C11H13NS. The van der Waals surface area contributed by atoms with Gasteiger partial charge in [0.05, 0.1) is 11.6 Å². The largest absolute Gasteiger partial charge is 0.192 e. The van der Waals surface area contributed by atoms with Crippen molar-refractivity contribution in [3.8, 4) is 6.07 Å². The Balaban J connectivity index is 2.75. The van der Waals surface area contributed by atoms with E-state index in [4.69, 9.17) is 5.26 Å². The van der Waals surface area contributed by atoms with E-state index in [0.29, 0.717) is 5.92 Å². The Bertz CT molecular complexity index is 297. The minimum Gasteiger partial charge on any atom is -0.192 e. The molecule has 1 unspecified atom stereocenters. The summed E-state index contributed by atoms with van der Waals surface area (Å²) in [5.74, 6) is 1.44. The van der Waals surface area contributed by atoms with Gasteiger partial charge in [-0.05, 0) is 35.8 Å². The standard InChI is InChI=1S/C11H13NS/c1-9(6-7-13)11-4-2-10(8-12)3-5-11/h2-5,9,13H,6-7H2,1H3. The molecule has 1 rings (SSSR count). The van der Waals surface area contributed by atoms with Crippen molar-refractivity contribution >= 4 is 12.6 Å². The first-order chi connectivity index (χ1) is 6.27. The summed E-state index contributed by atoms with van der Waals surface area (Å²) in [5, 5.41) is 8.61. The molecule has 1 atom stereocenters. The van der Waals surface area contributed by atoms with Crippen LogP contribution in [0.1, 0.15) is 30.4 Å². The molecule has 0 N–H and O–H groups in total. The van der Waals surface area contributed by atoms with Gasteiger partial charge in [-0.3, -0.25) is 0 Å². The molecule has 68 valence electrons. The van der Waals surface area contributed by atoms with Gasteiger partial charge in [-0.15, -0.1) is 0 Å². The van der Waals surface area contributed by atoms with Crippen molar-refractivity contribution in [3.05, 3.63) is 35.4 Å². The molecule has 0 radical (unpaired) electrons. The van der Waals surface area contributed by atoms with Gasteiger partial charge in [-0.25, -0.2) is 0 Å². The maximum atomic E-state index is 8.61. The van der Waals surface area contributed by atoms with E-state index in [1.165, 1.54) is 5.56 Å². The SMILES string of the molecule is CC(CCS)c1ccc(C#N)cc1. The second-order valence-corrected chi connectivity index (χ2v) is 3.59. The zero-order chi connectivity index (χ0) is 9.68. The summed E-state index contributed by atoms with van der Waals surface area (Å²) in [7, 11) is 0. The number of hydrogen-bond acceptors (Lipinski definition) is 2. The summed E-state index contributed by atoms with van der Waals surface area (Å²) in [6.45, 7) is 2.18. The summed E-state index contributed by atoms with van der Waals surface area (Å²) in [5.41, 5.74) is 2.01. The molecule has 1 nitrogen and oxygen atoms in total. The van der Waals surface area contributed by atoms with E-state index < -0.39 is 0 Å². The molecule has 0 saturated carbocycles. The first-order valence-electron chi connectivity index (χ1n) is 4.39. The van der Waals surface area contributed by atoms with E-state index in [-0.39, 0.29) is 0 Å². The smallest absolute Gasteiger partial charge is 0.0991 e. The lowest BCUT2D eigenvalue weighted by atomic mass is 9.98. The predicted molar refractivity (Wildman–Crippen MR) is 58.0 cm³/mol. The highest BCUT2D eigenvalue weighted by Gasteiger charge is 2.03. The van der Waals surface area contributed by atoms with Crippen LogP contribution in [0.5, 0.6) is 0 Å². The second kappa shape index (κ2) is 4.94. The van der Waals surface area contributed by atoms with Crippen LogP contribution in [0.2, 0.25) is 0 Å². The summed E-state index contributed by atoms with van der Waals surface area (Å²) >= 11 is 4.20. The Morgan fingerprint density at radius 2 is 2.00 bits per heavy atom. The molecule has 1 aromatic rings. The molecule has 2 heteroatoms. The number of rotatable bonds is 3. The van der Waals surface area contributed by atoms with Crippen LogP contribution in [0.15, 0.2) is 24.3 Å². The lowest BCUT2D eigenvalue weighted by Gasteiger charge is -2.09. The minimum atomic E-state index is 0.533. The van der Waals surface area contributed by atoms with E-state index in [1.807, 2.05) is 24.3 Å². The van der Waals surface area contributed by atoms with E-state index in [9.17, 15) is 0 Å². The summed E-state index contributed by atoms with van der Waals surface area (Å²) < 4.78 is 0. The Hall–Kier alpha value is -0.940. The van der Waals surface area contributed by atoms with E-state index in [0.717, 1.165) is 17.7 Å². The lowest BCUT2D eigenvalue weighted by molar-refractivity contribution is 0.742. The van der Waals surface area contributed by atoms with Gasteiger partial charge in [0.2, 0.25) is 0 Å². The molecular weight excluding hydrogens is 178 g/mol. The van der Waals surface area contributed by atoms with Gasteiger partial charge in [0.1, 0.15) is 0 Å². The highest BCUT2D eigenvalue weighted by Crippen LogP contribution is 2.19. The van der Waals surface area contributed by atoms with Crippen molar-refractivity contribution in [3.63, 3.8) is 0 Å². The number of nitrogens with zero attached hydrogens (tertiary/aromatic N) is 1. The lowest BCUT2D eigenvalue weighted by Crippen LogP contribution is -1.94. The highest BCUT2D eigenvalue weighted by molar-refractivity contribution is 7.80. The van der Waals surface area contributed by atoms with Gasteiger partial charge < -0.3 is 0 Å². The highest BCUT2D eigenvalue weighted by atomic mass is 32.1. The van der Waals surface area contributed by atoms with Crippen molar-refractivity contribution < 1.29 is 0 Å². The van der Waals surface area contributed by atoms with Gasteiger partial charge in [0.15, 0.2) is 0 Å². The molecule has 0 aliphatic rings. The fourth-order valence-electron chi connectivity index (χ4n) is 1.25. The van der Waals surface area contributed by atoms with Crippen LogP contribution in [-0.4, -0.2) is 5.75 Å². The van der Waals surface area contributed by atoms with E-state index in [2.05, 4.69) is 25.6 Å². The van der Waals surface area contributed by atoms with Crippen LogP contribution in [-0.2, 0) is 0 Å². The number of thiol groups is 1. The van der Waals surface area contributed by atoms with Gasteiger partial charge in [-0.2, -0.15) is 17.9 Å². The molecule has 0 aromatic heterocycles. The normalized spacial score (nSPS) is 12.1. The molecule has 0 heterocycles. The summed E-state index contributed by atoms with van der Waals surface area (Å²) in [6.07, 6.45) is 1.08. The van der Waals surface area contributed by atoms with Crippen LogP contribution >= 0.6 is 12.6 Å². The maximum Gasteiger partial charge on any atom is 0.0991 e. The predicted octanol–water partition coefficient (Wildman–Crippen LogP) is 2.98. The molecule has 13 heavy (non-hydrogen) atoms. The minimum absolute atomic E-state index is 0.533. The van der Waals surface area contributed by atoms with Gasteiger partial charge in [-0.1, -0.05) is 19.1 Å². The molecule has 0 aliphatic heterocycles. The molecule has 0 amide bonds. The average molecular weight is 191 g/mol. The van der Waals surface area contributed by atoms with Crippen LogP contribution in [0.3, 0.4) is 0 Å². The van der Waals surface area contributed by atoms with Crippen molar-refractivity contribution in [2.24, 2.45) is 0 Å². The van der Waals surface area contributed by atoms with E-state index >= 15 is 0 Å². The molecule has 0 fully saturated rings. The zero-order valence-corrected chi connectivity index (χ0v) is 8.59. The van der Waals surface area contributed by atoms with Crippen molar-refractivity contribution in [2.75, 3.05) is 5.75 Å². The number of hydrogen-bond donors (Lipinski definition) is 1. The Morgan fingerprint density at radius 1 is 1.38 bits per heavy atom. The summed E-state index contributed by atoms with van der Waals surface area (Å²) in [4.78, 5) is 0. The third-order valence-corrected chi connectivity index (χ3v) is 2.43. The van der Waals surface area contributed by atoms with Crippen LogP contribution in [0.25, 0.3) is 0 Å². The Morgan fingerprint density at radius 3 is 2.46 bits per heavy atom. The zero-order valence-electron chi connectivity index (χ0n) is 7.70. The molecule has 0 spiro atoms. The third kappa shape index (κ3) is 2.78. The maximum absolute atomic E-state index is 8.61. The quantitative estimate of drug-likeness (QED) is 0.730. The number of benzene rings is 1. The number of nitriles is 1. The van der Waals surface area contributed by atoms with Crippen molar-refractivity contribution in [1.29, 1.82) is 5.26 Å². The van der Waals surface area contributed by atoms with E-state index in [1.54, 1.807) is 0 Å². The molecule has 0 bridgehead atoms. The first-order valence-corrected chi connectivity index (χ1v) is 5.02. The monoisotopic (exact) mass is 191 g/mol. The molecule has 0 aliphatic carbocycles. The first kappa shape index (κ1) is 10.1. The third-order valence-electron chi connectivity index (χ3n) is 2.17. The van der Waals surface area contributed by atoms with Gasteiger partial charge >= 0.3 is 0 Å². The second-order valence-electron chi connectivity index (χ2n) is 3.15. The van der Waals surface area contributed by atoms with Crippen molar-refractivity contribution in [2.45, 2.75) is 19.3 Å². The average Bonchev–Trinajstić information content (AvgIpc) is 2.18. The fraction of sp³-hybridized carbons (Fsp3) is 0.364. The van der Waals surface area contributed by atoms with Gasteiger partial charge in [0, 0.05) is 0 Å². The Kier molecular flexibility index (Phi) is 3.85. The van der Waals surface area contributed by atoms with Crippen molar-refractivity contribution in [1.82, 2.24) is 0 Å². The van der Waals surface area contributed by atoms with Gasteiger partial charge in [0.25, 0.3) is 0 Å². The fourth-order valence-corrected chi connectivity index (χ4v) is 1.63. The Labute approximate surface area is 84.8 Å².